The highest BCUT2D eigenvalue weighted by molar-refractivity contribution is 5.85. The Bertz CT molecular complexity index is 1190. The Morgan fingerprint density at radius 1 is 1.00 bits per heavy atom. The molecule has 0 aliphatic carbocycles. The van der Waals surface area contributed by atoms with Gasteiger partial charge in [-0.05, 0) is 54.8 Å². The van der Waals surface area contributed by atoms with Crippen molar-refractivity contribution in [3.05, 3.63) is 78.2 Å². The van der Waals surface area contributed by atoms with Gasteiger partial charge < -0.3 is 14.6 Å². The van der Waals surface area contributed by atoms with E-state index in [1.165, 1.54) is 12.1 Å². The first kappa shape index (κ1) is 18.6. The van der Waals surface area contributed by atoms with Crippen molar-refractivity contribution >= 4 is 28.3 Å². The van der Waals surface area contributed by atoms with Gasteiger partial charge in [0.15, 0.2) is 5.82 Å². The van der Waals surface area contributed by atoms with Crippen LogP contribution in [0.4, 0.5) is 10.2 Å². The summed E-state index contributed by atoms with van der Waals surface area (Å²) in [4.78, 5) is 19.8. The fourth-order valence-corrected chi connectivity index (χ4v) is 4.23. The van der Waals surface area contributed by atoms with Crippen LogP contribution < -0.4 is 10.2 Å². The second kappa shape index (κ2) is 7.78. The van der Waals surface area contributed by atoms with E-state index >= 15 is 0 Å². The molecule has 1 aliphatic heterocycles. The lowest BCUT2D eigenvalue weighted by atomic mass is 9.95. The van der Waals surface area contributed by atoms with E-state index in [1.54, 1.807) is 12.1 Å². The molecule has 3 heterocycles. The summed E-state index contributed by atoms with van der Waals surface area (Å²) in [6.45, 7) is 2.01. The van der Waals surface area contributed by atoms with Gasteiger partial charge in [0.1, 0.15) is 5.82 Å². The van der Waals surface area contributed by atoms with Crippen molar-refractivity contribution in [3.63, 3.8) is 0 Å². The lowest BCUT2D eigenvalue weighted by molar-refractivity contribution is -0.125. The number of carbonyl (C=O) groups is 1. The quantitative estimate of drug-likeness (QED) is 0.558. The smallest absolute Gasteiger partial charge is 0.223 e. The normalized spacial score (nSPS) is 15.0. The molecule has 1 amide bonds. The van der Waals surface area contributed by atoms with E-state index in [9.17, 15) is 9.18 Å². The molecule has 2 aromatic carbocycles. The maximum atomic E-state index is 13.0. The zero-order valence-electron chi connectivity index (χ0n) is 16.6. The van der Waals surface area contributed by atoms with Crippen molar-refractivity contribution in [1.29, 1.82) is 0 Å². The number of fused-ring (bicyclic) bond motifs is 3. The van der Waals surface area contributed by atoms with E-state index in [0.29, 0.717) is 6.54 Å². The molecule has 1 saturated heterocycles. The van der Waals surface area contributed by atoms with Gasteiger partial charge in [0.2, 0.25) is 5.91 Å². The number of aromatic nitrogens is 2. The molecule has 30 heavy (non-hydrogen) atoms. The molecule has 0 radical (unpaired) electrons. The van der Waals surface area contributed by atoms with Crippen LogP contribution in [0.1, 0.15) is 18.4 Å². The number of rotatable bonds is 4. The lowest BCUT2D eigenvalue weighted by Crippen LogP contribution is -2.40. The highest BCUT2D eigenvalue weighted by atomic mass is 19.1. The molecular formula is C24H23FN4O. The number of carbonyl (C=O) groups excluding carboxylic acids is 1. The van der Waals surface area contributed by atoms with E-state index in [4.69, 9.17) is 4.98 Å². The van der Waals surface area contributed by atoms with Crippen molar-refractivity contribution in [2.45, 2.75) is 19.4 Å². The standard InChI is InChI=1S/C24H23FN4O/c25-19-9-7-17(8-10-19)16-26-24(30)18-11-14-28(15-12-18)23-22-6-3-13-29(22)21-5-2-1-4-20(21)27-23/h1-10,13,18H,11-12,14-16H2,(H,26,30). The van der Waals surface area contributed by atoms with Gasteiger partial charge >= 0.3 is 0 Å². The van der Waals surface area contributed by atoms with Crippen LogP contribution in [0.2, 0.25) is 0 Å². The van der Waals surface area contributed by atoms with Gasteiger partial charge in [-0.15, -0.1) is 0 Å². The predicted octanol–water partition coefficient (Wildman–Crippen LogP) is 4.16. The number of halogens is 1. The molecule has 0 unspecified atom stereocenters. The molecule has 0 atom stereocenters. The summed E-state index contributed by atoms with van der Waals surface area (Å²) >= 11 is 0. The average molecular weight is 402 g/mol. The summed E-state index contributed by atoms with van der Waals surface area (Å²) in [5, 5.41) is 2.99. The highest BCUT2D eigenvalue weighted by Gasteiger charge is 2.26. The molecule has 1 aliphatic rings. The number of para-hydroxylation sites is 2. The number of benzene rings is 2. The van der Waals surface area contributed by atoms with Gasteiger partial charge in [-0.25, -0.2) is 9.37 Å². The van der Waals surface area contributed by atoms with Crippen LogP contribution in [0.15, 0.2) is 66.9 Å². The van der Waals surface area contributed by atoms with Crippen LogP contribution in [-0.2, 0) is 11.3 Å². The summed E-state index contributed by atoms with van der Waals surface area (Å²) in [6, 6.07) is 18.5. The Kier molecular flexibility index (Phi) is 4.83. The summed E-state index contributed by atoms with van der Waals surface area (Å²) < 4.78 is 15.2. The molecule has 2 aromatic heterocycles. The Labute approximate surface area is 174 Å². The summed E-state index contributed by atoms with van der Waals surface area (Å²) in [5.74, 6) is 0.768. The largest absolute Gasteiger partial charge is 0.355 e. The second-order valence-electron chi connectivity index (χ2n) is 7.79. The van der Waals surface area contributed by atoms with Crippen LogP contribution in [0, 0.1) is 11.7 Å². The minimum atomic E-state index is -0.267. The monoisotopic (exact) mass is 402 g/mol. The molecule has 5 rings (SSSR count). The molecule has 0 saturated carbocycles. The third-order valence-electron chi connectivity index (χ3n) is 5.89. The number of anilines is 1. The topological polar surface area (TPSA) is 49.6 Å². The van der Waals surface area contributed by atoms with Crippen LogP contribution >= 0.6 is 0 Å². The molecular weight excluding hydrogens is 379 g/mol. The first-order valence-electron chi connectivity index (χ1n) is 10.3. The first-order valence-corrected chi connectivity index (χ1v) is 10.3. The van der Waals surface area contributed by atoms with Gasteiger partial charge in [-0.1, -0.05) is 24.3 Å². The summed E-state index contributed by atoms with van der Waals surface area (Å²) in [6.07, 6.45) is 3.64. The lowest BCUT2D eigenvalue weighted by Gasteiger charge is -2.32. The van der Waals surface area contributed by atoms with E-state index < -0.39 is 0 Å². The Hall–Kier alpha value is -3.41. The van der Waals surface area contributed by atoms with E-state index in [-0.39, 0.29) is 17.6 Å². The van der Waals surface area contributed by atoms with E-state index in [2.05, 4.69) is 32.9 Å². The zero-order valence-corrected chi connectivity index (χ0v) is 16.6. The number of nitrogens with zero attached hydrogens (tertiary/aromatic N) is 3. The number of piperidine rings is 1. The summed E-state index contributed by atoms with van der Waals surface area (Å²) in [7, 11) is 0. The number of amides is 1. The Balaban J connectivity index is 1.27. The maximum Gasteiger partial charge on any atom is 0.223 e. The first-order chi connectivity index (χ1) is 14.7. The number of nitrogens with one attached hydrogen (secondary N) is 1. The molecule has 1 N–H and O–H groups in total. The third-order valence-corrected chi connectivity index (χ3v) is 5.89. The van der Waals surface area contributed by atoms with Crippen LogP contribution in [0.25, 0.3) is 16.6 Å². The van der Waals surface area contributed by atoms with Crippen molar-refractivity contribution in [3.8, 4) is 0 Å². The number of hydrogen-bond acceptors (Lipinski definition) is 3. The average Bonchev–Trinajstić information content (AvgIpc) is 3.28. The van der Waals surface area contributed by atoms with Crippen molar-refractivity contribution < 1.29 is 9.18 Å². The molecule has 6 heteroatoms. The van der Waals surface area contributed by atoms with Crippen LogP contribution in [0.3, 0.4) is 0 Å². The van der Waals surface area contributed by atoms with Crippen LogP contribution in [0.5, 0.6) is 0 Å². The van der Waals surface area contributed by atoms with Gasteiger partial charge in [-0.2, -0.15) is 0 Å². The Morgan fingerprint density at radius 3 is 2.53 bits per heavy atom. The van der Waals surface area contributed by atoms with Crippen molar-refractivity contribution in [2.24, 2.45) is 5.92 Å². The second-order valence-corrected chi connectivity index (χ2v) is 7.79. The summed E-state index contributed by atoms with van der Waals surface area (Å²) in [5.41, 5.74) is 4.05. The van der Waals surface area contributed by atoms with Crippen molar-refractivity contribution in [1.82, 2.24) is 14.7 Å². The van der Waals surface area contributed by atoms with Crippen LogP contribution in [-0.4, -0.2) is 28.4 Å². The molecule has 5 nitrogen and oxygen atoms in total. The fourth-order valence-electron chi connectivity index (χ4n) is 4.23. The minimum absolute atomic E-state index is 0.00930. The van der Waals surface area contributed by atoms with Gasteiger partial charge in [0.05, 0.1) is 16.6 Å². The predicted molar refractivity (Wildman–Crippen MR) is 116 cm³/mol. The molecule has 0 spiro atoms. The third kappa shape index (κ3) is 3.49. The van der Waals surface area contributed by atoms with E-state index in [0.717, 1.165) is 53.9 Å². The molecule has 1 fully saturated rings. The fraction of sp³-hybridized carbons (Fsp3) is 0.250. The highest BCUT2D eigenvalue weighted by Crippen LogP contribution is 2.29. The minimum Gasteiger partial charge on any atom is -0.355 e. The SMILES string of the molecule is O=C(NCc1ccc(F)cc1)C1CCN(c2nc3ccccc3n3cccc23)CC1. The van der Waals surface area contributed by atoms with Gasteiger partial charge in [-0.3, -0.25) is 4.79 Å². The Morgan fingerprint density at radius 2 is 1.73 bits per heavy atom. The van der Waals surface area contributed by atoms with Gasteiger partial charge in [0, 0.05) is 31.7 Å². The molecule has 4 aromatic rings. The zero-order chi connectivity index (χ0) is 20.5. The maximum absolute atomic E-state index is 13.0. The molecule has 0 bridgehead atoms. The van der Waals surface area contributed by atoms with Gasteiger partial charge in [0.25, 0.3) is 0 Å². The number of hydrogen-bond donors (Lipinski definition) is 1. The van der Waals surface area contributed by atoms with Crippen molar-refractivity contribution in [2.75, 3.05) is 18.0 Å². The molecule has 152 valence electrons. The van der Waals surface area contributed by atoms with E-state index in [1.807, 2.05) is 24.3 Å².